The van der Waals surface area contributed by atoms with Crippen LogP contribution in [0.5, 0.6) is 0 Å². The predicted octanol–water partition coefficient (Wildman–Crippen LogP) is 4.55. The normalized spacial score (nSPS) is 23.0. The van der Waals surface area contributed by atoms with Crippen molar-refractivity contribution in [3.05, 3.63) is 59.7 Å². The van der Waals surface area contributed by atoms with E-state index < -0.39 is 23.6 Å². The zero-order chi connectivity index (χ0) is 24.6. The maximum absolute atomic E-state index is 13.1. The molecule has 2 aromatic carbocycles. The Balaban J connectivity index is 1.22. The fourth-order valence-electron chi connectivity index (χ4n) is 6.11. The van der Waals surface area contributed by atoms with E-state index >= 15 is 0 Å². The number of piperidine rings is 1. The molecule has 2 N–H and O–H groups in total. The number of hydrogen-bond acceptors (Lipinski definition) is 4. The van der Waals surface area contributed by atoms with Crippen molar-refractivity contribution in [2.24, 2.45) is 5.92 Å². The van der Waals surface area contributed by atoms with Crippen LogP contribution in [-0.2, 0) is 14.3 Å². The lowest BCUT2D eigenvalue weighted by Crippen LogP contribution is -2.52. The third kappa shape index (κ3) is 4.17. The van der Waals surface area contributed by atoms with Crippen LogP contribution < -0.4 is 5.32 Å². The van der Waals surface area contributed by atoms with Crippen molar-refractivity contribution >= 4 is 18.0 Å². The molecule has 1 heterocycles. The Labute approximate surface area is 205 Å². The Morgan fingerprint density at radius 2 is 1.77 bits per heavy atom. The van der Waals surface area contributed by atoms with Crippen molar-refractivity contribution in [3.8, 4) is 11.1 Å². The molecule has 0 aromatic heterocycles. The number of hydrogen-bond donors (Lipinski definition) is 2. The Morgan fingerprint density at radius 3 is 2.40 bits per heavy atom. The summed E-state index contributed by atoms with van der Waals surface area (Å²) in [5.41, 5.74) is 3.59. The number of carbonyl (C=O) groups excluding carboxylic acids is 2. The number of rotatable bonds is 8. The van der Waals surface area contributed by atoms with Gasteiger partial charge in [0.25, 0.3) is 0 Å². The average molecular weight is 477 g/mol. The van der Waals surface area contributed by atoms with Crippen LogP contribution in [0.2, 0.25) is 0 Å². The number of likely N-dealkylation sites (tertiary alicyclic amines) is 1. The Morgan fingerprint density at radius 1 is 1.11 bits per heavy atom. The van der Waals surface area contributed by atoms with E-state index in [4.69, 9.17) is 4.74 Å². The number of ether oxygens (including phenoxy) is 1. The molecule has 1 aliphatic heterocycles. The van der Waals surface area contributed by atoms with E-state index in [1.165, 1.54) is 11.1 Å². The minimum absolute atomic E-state index is 0.0324. The Bertz CT molecular complexity index is 1100. The van der Waals surface area contributed by atoms with Crippen molar-refractivity contribution in [3.63, 3.8) is 0 Å². The molecule has 2 aliphatic carbocycles. The summed E-state index contributed by atoms with van der Waals surface area (Å²) in [5.74, 6) is -1.09. The summed E-state index contributed by atoms with van der Waals surface area (Å²) in [6, 6.07) is 15.9. The predicted molar refractivity (Wildman–Crippen MR) is 131 cm³/mol. The standard InChI is InChI=1S/C28H32N2O5/c1-2-8-19(15-25(31)30-14-7-9-18-16-28(18,30)26(32)33)29-27(34)35-17-24-22-12-5-3-10-20(22)21-11-4-6-13-23(21)24/h3-6,10-13,18-19,24H,2,7-9,14-17H2,1H3,(H,29,34)(H,32,33)/t18-,19?,28+/m1/s1. The van der Waals surface area contributed by atoms with Crippen LogP contribution in [0.4, 0.5) is 4.79 Å². The second-order valence-electron chi connectivity index (χ2n) is 9.98. The lowest BCUT2D eigenvalue weighted by atomic mass is 9.98. The minimum Gasteiger partial charge on any atom is -0.479 e. The second kappa shape index (κ2) is 9.36. The summed E-state index contributed by atoms with van der Waals surface area (Å²) in [6.07, 6.45) is 3.15. The van der Waals surface area contributed by atoms with Gasteiger partial charge in [0.2, 0.25) is 5.91 Å². The largest absolute Gasteiger partial charge is 0.479 e. The van der Waals surface area contributed by atoms with Gasteiger partial charge in [-0.25, -0.2) is 9.59 Å². The third-order valence-electron chi connectivity index (χ3n) is 7.88. The number of carbonyl (C=O) groups is 3. The first-order chi connectivity index (χ1) is 17.0. The van der Waals surface area contributed by atoms with E-state index in [2.05, 4.69) is 29.6 Å². The minimum atomic E-state index is -1.03. The van der Waals surface area contributed by atoms with E-state index in [0.29, 0.717) is 19.4 Å². The van der Waals surface area contributed by atoms with Crippen LogP contribution in [0.3, 0.4) is 0 Å². The van der Waals surface area contributed by atoms with Crippen molar-refractivity contribution in [1.82, 2.24) is 10.2 Å². The van der Waals surface area contributed by atoms with Gasteiger partial charge in [0, 0.05) is 24.9 Å². The molecular formula is C28H32N2O5. The summed E-state index contributed by atoms with van der Waals surface area (Å²) < 4.78 is 5.66. The highest BCUT2D eigenvalue weighted by Gasteiger charge is 2.66. The Hall–Kier alpha value is -3.35. The number of nitrogens with zero attached hydrogens (tertiary/aromatic N) is 1. The van der Waals surface area contributed by atoms with Gasteiger partial charge < -0.3 is 20.1 Å². The van der Waals surface area contributed by atoms with E-state index in [-0.39, 0.29) is 30.8 Å². The summed E-state index contributed by atoms with van der Waals surface area (Å²) in [5, 5.41) is 12.6. The smallest absolute Gasteiger partial charge is 0.407 e. The van der Waals surface area contributed by atoms with Gasteiger partial charge in [0.05, 0.1) is 0 Å². The molecule has 0 bridgehead atoms. The molecule has 184 valence electrons. The quantitative estimate of drug-likeness (QED) is 0.583. The van der Waals surface area contributed by atoms with Crippen LogP contribution >= 0.6 is 0 Å². The molecule has 3 atom stereocenters. The molecule has 0 radical (unpaired) electrons. The van der Waals surface area contributed by atoms with Gasteiger partial charge in [-0.15, -0.1) is 0 Å². The van der Waals surface area contributed by atoms with Crippen molar-refractivity contribution in [2.45, 2.75) is 62.9 Å². The number of alkyl carbamates (subject to hydrolysis) is 1. The lowest BCUT2D eigenvalue weighted by Gasteiger charge is -2.34. The number of nitrogens with one attached hydrogen (secondary N) is 1. The van der Waals surface area contributed by atoms with Crippen molar-refractivity contribution < 1.29 is 24.2 Å². The number of carboxylic acids is 1. The van der Waals surface area contributed by atoms with E-state index in [9.17, 15) is 19.5 Å². The van der Waals surface area contributed by atoms with Gasteiger partial charge in [-0.05, 0) is 53.9 Å². The molecule has 1 saturated heterocycles. The fraction of sp³-hybridized carbons (Fsp3) is 0.464. The average Bonchev–Trinajstić information content (AvgIpc) is 3.54. The SMILES string of the molecule is CCCC(CC(=O)N1CCC[C@@H]2C[C@@]21C(=O)O)NC(=O)OCC1c2ccccc2-c2ccccc21. The number of aliphatic carboxylic acids is 1. The van der Waals surface area contributed by atoms with Crippen molar-refractivity contribution in [1.29, 1.82) is 0 Å². The zero-order valence-electron chi connectivity index (χ0n) is 20.0. The third-order valence-corrected chi connectivity index (χ3v) is 7.88. The summed E-state index contributed by atoms with van der Waals surface area (Å²) in [4.78, 5) is 39.4. The first-order valence-corrected chi connectivity index (χ1v) is 12.6. The summed E-state index contributed by atoms with van der Waals surface area (Å²) >= 11 is 0. The number of carboxylic acid groups (broad SMARTS) is 1. The highest BCUT2D eigenvalue weighted by molar-refractivity contribution is 5.91. The molecule has 2 fully saturated rings. The highest BCUT2D eigenvalue weighted by atomic mass is 16.5. The first-order valence-electron chi connectivity index (χ1n) is 12.6. The van der Waals surface area contributed by atoms with E-state index in [1.807, 2.05) is 31.2 Å². The second-order valence-corrected chi connectivity index (χ2v) is 9.98. The molecule has 35 heavy (non-hydrogen) atoms. The molecule has 0 spiro atoms. The van der Waals surface area contributed by atoms with Gasteiger partial charge in [-0.1, -0.05) is 61.9 Å². The number of amides is 2. The molecule has 2 aromatic rings. The molecule has 1 saturated carbocycles. The molecular weight excluding hydrogens is 444 g/mol. The monoisotopic (exact) mass is 476 g/mol. The van der Waals surface area contributed by atoms with Gasteiger partial charge in [0.15, 0.2) is 0 Å². The van der Waals surface area contributed by atoms with Crippen molar-refractivity contribution in [2.75, 3.05) is 13.2 Å². The maximum Gasteiger partial charge on any atom is 0.407 e. The molecule has 7 nitrogen and oxygen atoms in total. The van der Waals surface area contributed by atoms with E-state index in [1.54, 1.807) is 4.90 Å². The topological polar surface area (TPSA) is 95.9 Å². The molecule has 5 rings (SSSR count). The molecule has 3 aliphatic rings. The number of benzene rings is 2. The fourth-order valence-corrected chi connectivity index (χ4v) is 6.11. The van der Waals surface area contributed by atoms with Gasteiger partial charge >= 0.3 is 12.1 Å². The molecule has 2 amide bonds. The van der Waals surface area contributed by atoms with Crippen LogP contribution in [0.1, 0.15) is 62.5 Å². The van der Waals surface area contributed by atoms with Crippen LogP contribution in [0, 0.1) is 5.92 Å². The Kier molecular flexibility index (Phi) is 6.26. The van der Waals surface area contributed by atoms with Crippen LogP contribution in [0.25, 0.3) is 11.1 Å². The number of fused-ring (bicyclic) bond motifs is 4. The lowest BCUT2D eigenvalue weighted by molar-refractivity contribution is -0.154. The van der Waals surface area contributed by atoms with Crippen LogP contribution in [-0.4, -0.2) is 52.7 Å². The van der Waals surface area contributed by atoms with Gasteiger partial charge in [-0.2, -0.15) is 0 Å². The zero-order valence-corrected chi connectivity index (χ0v) is 20.0. The first kappa shape index (κ1) is 23.4. The molecule has 1 unspecified atom stereocenters. The van der Waals surface area contributed by atoms with Gasteiger partial charge in [-0.3, -0.25) is 4.79 Å². The summed E-state index contributed by atoms with van der Waals surface area (Å²) in [6.45, 7) is 2.67. The highest BCUT2D eigenvalue weighted by Crippen LogP contribution is 2.54. The van der Waals surface area contributed by atoms with Gasteiger partial charge in [0.1, 0.15) is 12.1 Å². The maximum atomic E-state index is 13.1. The van der Waals surface area contributed by atoms with E-state index in [0.717, 1.165) is 30.4 Å². The summed E-state index contributed by atoms with van der Waals surface area (Å²) in [7, 11) is 0. The van der Waals surface area contributed by atoms with Crippen LogP contribution in [0.15, 0.2) is 48.5 Å². The molecule has 7 heteroatoms.